The lowest BCUT2D eigenvalue weighted by Crippen LogP contribution is -2.35. The Balaban J connectivity index is 2.56. The van der Waals surface area contributed by atoms with Crippen molar-refractivity contribution in [3.8, 4) is 0 Å². The number of alkyl carbamates (subject to hydrolysis) is 1. The molecule has 1 amide bonds. The molecule has 1 aromatic rings. The summed E-state index contributed by atoms with van der Waals surface area (Å²) in [7, 11) is 0. The fraction of sp³-hybridized carbons (Fsp3) is 0.429. The first-order chi connectivity index (χ1) is 8.69. The maximum absolute atomic E-state index is 11.9. The molecule has 0 aromatic heterocycles. The van der Waals surface area contributed by atoms with Gasteiger partial charge < -0.3 is 10.1 Å². The van der Waals surface area contributed by atoms with E-state index in [4.69, 9.17) is 4.74 Å². The Hall–Kier alpha value is -1.36. The molecular formula is C14H18BrNO3. The number of hydrogen-bond acceptors (Lipinski definition) is 3. The molecule has 5 heteroatoms. The highest BCUT2D eigenvalue weighted by Crippen LogP contribution is 2.17. The second-order valence-electron chi connectivity index (χ2n) is 5.24. The van der Waals surface area contributed by atoms with Gasteiger partial charge in [0.25, 0.3) is 0 Å². The average molecular weight is 328 g/mol. The number of carbonyl (C=O) groups excluding carboxylic acids is 2. The lowest BCUT2D eigenvalue weighted by molar-refractivity contribution is 0.0520. The standard InChI is InChI=1S/C14H18BrNO3/c1-9-5-6-10(7-11(9)15)12(17)8-16-13(18)19-14(2,3)4/h5-7H,8H2,1-4H3,(H,16,18). The minimum Gasteiger partial charge on any atom is -0.444 e. The van der Waals surface area contributed by atoms with E-state index in [1.807, 2.05) is 13.0 Å². The normalized spacial score (nSPS) is 11.0. The molecule has 0 spiro atoms. The Morgan fingerprint density at radius 1 is 1.32 bits per heavy atom. The third kappa shape index (κ3) is 5.42. The van der Waals surface area contributed by atoms with Crippen molar-refractivity contribution >= 4 is 27.8 Å². The molecule has 0 radical (unpaired) electrons. The Kier molecular flexibility index (Phi) is 5.11. The first kappa shape index (κ1) is 15.7. The van der Waals surface area contributed by atoms with E-state index in [0.29, 0.717) is 5.56 Å². The van der Waals surface area contributed by atoms with Gasteiger partial charge in [-0.3, -0.25) is 4.79 Å². The number of hydrogen-bond donors (Lipinski definition) is 1. The number of nitrogens with one attached hydrogen (secondary N) is 1. The Labute approximate surface area is 121 Å². The van der Waals surface area contributed by atoms with Crippen molar-refractivity contribution in [2.45, 2.75) is 33.3 Å². The molecule has 19 heavy (non-hydrogen) atoms. The van der Waals surface area contributed by atoms with Gasteiger partial charge >= 0.3 is 6.09 Å². The summed E-state index contributed by atoms with van der Waals surface area (Å²) < 4.78 is 5.93. The highest BCUT2D eigenvalue weighted by molar-refractivity contribution is 9.10. The molecule has 4 nitrogen and oxygen atoms in total. The number of ether oxygens (including phenoxy) is 1. The van der Waals surface area contributed by atoms with Crippen LogP contribution in [0.4, 0.5) is 4.79 Å². The van der Waals surface area contributed by atoms with Gasteiger partial charge in [-0.25, -0.2) is 4.79 Å². The summed E-state index contributed by atoms with van der Waals surface area (Å²) in [4.78, 5) is 23.3. The van der Waals surface area contributed by atoms with Crippen LogP contribution in [0.15, 0.2) is 22.7 Å². The van der Waals surface area contributed by atoms with Crippen molar-refractivity contribution in [2.75, 3.05) is 6.54 Å². The number of rotatable bonds is 3. The topological polar surface area (TPSA) is 55.4 Å². The largest absolute Gasteiger partial charge is 0.444 e. The van der Waals surface area contributed by atoms with E-state index < -0.39 is 11.7 Å². The third-order valence-electron chi connectivity index (χ3n) is 2.29. The van der Waals surface area contributed by atoms with Crippen LogP contribution in [-0.2, 0) is 4.74 Å². The average Bonchev–Trinajstić information content (AvgIpc) is 2.27. The van der Waals surface area contributed by atoms with Gasteiger partial charge in [0.15, 0.2) is 5.78 Å². The van der Waals surface area contributed by atoms with Crippen LogP contribution < -0.4 is 5.32 Å². The highest BCUT2D eigenvalue weighted by atomic mass is 79.9. The number of aryl methyl sites for hydroxylation is 1. The van der Waals surface area contributed by atoms with Crippen LogP contribution in [0.25, 0.3) is 0 Å². The molecule has 0 heterocycles. The van der Waals surface area contributed by atoms with Gasteiger partial charge in [-0.15, -0.1) is 0 Å². The van der Waals surface area contributed by atoms with E-state index >= 15 is 0 Å². The minimum absolute atomic E-state index is 0.0790. The van der Waals surface area contributed by atoms with Gasteiger partial charge in [-0.05, 0) is 39.3 Å². The van der Waals surface area contributed by atoms with Crippen molar-refractivity contribution < 1.29 is 14.3 Å². The van der Waals surface area contributed by atoms with Gasteiger partial charge in [0.1, 0.15) is 5.60 Å². The Morgan fingerprint density at radius 3 is 2.47 bits per heavy atom. The monoisotopic (exact) mass is 327 g/mol. The molecule has 0 unspecified atom stereocenters. The zero-order valence-electron chi connectivity index (χ0n) is 11.5. The molecule has 1 N–H and O–H groups in total. The summed E-state index contributed by atoms with van der Waals surface area (Å²) >= 11 is 3.37. The third-order valence-corrected chi connectivity index (χ3v) is 3.14. The summed E-state index contributed by atoms with van der Waals surface area (Å²) in [6.45, 7) is 7.17. The molecule has 104 valence electrons. The van der Waals surface area contributed by atoms with Crippen molar-refractivity contribution in [3.05, 3.63) is 33.8 Å². The van der Waals surface area contributed by atoms with Crippen LogP contribution in [0, 0.1) is 6.92 Å². The summed E-state index contributed by atoms with van der Waals surface area (Å²) in [6, 6.07) is 5.33. The fourth-order valence-corrected chi connectivity index (χ4v) is 1.71. The first-order valence-corrected chi connectivity index (χ1v) is 6.74. The van der Waals surface area contributed by atoms with Gasteiger partial charge in [0.2, 0.25) is 0 Å². The van der Waals surface area contributed by atoms with E-state index in [9.17, 15) is 9.59 Å². The zero-order valence-corrected chi connectivity index (χ0v) is 13.1. The van der Waals surface area contributed by atoms with E-state index in [-0.39, 0.29) is 12.3 Å². The maximum atomic E-state index is 11.9. The number of amides is 1. The van der Waals surface area contributed by atoms with E-state index in [1.165, 1.54) is 0 Å². The predicted octanol–water partition coefficient (Wildman–Crippen LogP) is 3.46. The number of Topliss-reactive ketones (excluding diaryl/α,β-unsaturated/α-hetero) is 1. The van der Waals surface area contributed by atoms with E-state index in [0.717, 1.165) is 10.0 Å². The molecule has 0 aliphatic rings. The molecule has 0 saturated carbocycles. The summed E-state index contributed by atoms with van der Waals surface area (Å²) in [5.41, 5.74) is 1.03. The molecule has 1 rings (SSSR count). The number of benzene rings is 1. The summed E-state index contributed by atoms with van der Waals surface area (Å²) in [5.74, 6) is -0.161. The quantitative estimate of drug-likeness (QED) is 0.865. The molecule has 0 fully saturated rings. The molecule has 0 atom stereocenters. The van der Waals surface area contributed by atoms with Crippen LogP contribution in [-0.4, -0.2) is 24.0 Å². The highest BCUT2D eigenvalue weighted by Gasteiger charge is 2.17. The predicted molar refractivity (Wildman–Crippen MR) is 77.4 cm³/mol. The molecule has 1 aromatic carbocycles. The SMILES string of the molecule is Cc1ccc(C(=O)CNC(=O)OC(C)(C)C)cc1Br. The molecule has 0 bridgehead atoms. The molecule has 0 aliphatic carbocycles. The minimum atomic E-state index is -0.591. The van der Waals surface area contributed by atoms with Crippen LogP contribution in [0.5, 0.6) is 0 Å². The number of halogens is 1. The second kappa shape index (κ2) is 6.19. The van der Waals surface area contributed by atoms with Crippen LogP contribution in [0.2, 0.25) is 0 Å². The van der Waals surface area contributed by atoms with Gasteiger partial charge in [0.05, 0.1) is 6.54 Å². The van der Waals surface area contributed by atoms with E-state index in [1.54, 1.807) is 32.9 Å². The van der Waals surface area contributed by atoms with Crippen molar-refractivity contribution in [2.24, 2.45) is 0 Å². The molecule has 0 aliphatic heterocycles. The van der Waals surface area contributed by atoms with Crippen molar-refractivity contribution in [3.63, 3.8) is 0 Å². The first-order valence-electron chi connectivity index (χ1n) is 5.95. The van der Waals surface area contributed by atoms with Crippen LogP contribution in [0.1, 0.15) is 36.7 Å². The van der Waals surface area contributed by atoms with E-state index in [2.05, 4.69) is 21.2 Å². The van der Waals surface area contributed by atoms with Crippen LogP contribution >= 0.6 is 15.9 Å². The smallest absolute Gasteiger partial charge is 0.408 e. The summed E-state index contributed by atoms with van der Waals surface area (Å²) in [5, 5.41) is 2.45. The Morgan fingerprint density at radius 2 is 1.95 bits per heavy atom. The van der Waals surface area contributed by atoms with Crippen molar-refractivity contribution in [1.82, 2.24) is 5.32 Å². The van der Waals surface area contributed by atoms with Crippen LogP contribution in [0.3, 0.4) is 0 Å². The number of carbonyl (C=O) groups is 2. The molecular weight excluding hydrogens is 310 g/mol. The number of ketones is 1. The zero-order chi connectivity index (χ0) is 14.6. The lowest BCUT2D eigenvalue weighted by atomic mass is 10.1. The van der Waals surface area contributed by atoms with Crippen molar-refractivity contribution in [1.29, 1.82) is 0 Å². The fourth-order valence-electron chi connectivity index (χ4n) is 1.33. The van der Waals surface area contributed by atoms with Gasteiger partial charge in [0, 0.05) is 10.0 Å². The Bertz CT molecular complexity index is 492. The molecule has 0 saturated heterocycles. The lowest BCUT2D eigenvalue weighted by Gasteiger charge is -2.19. The van der Waals surface area contributed by atoms with Gasteiger partial charge in [-0.1, -0.05) is 28.1 Å². The second-order valence-corrected chi connectivity index (χ2v) is 6.10. The maximum Gasteiger partial charge on any atom is 0.408 e. The van der Waals surface area contributed by atoms with Gasteiger partial charge in [-0.2, -0.15) is 0 Å². The summed E-state index contributed by atoms with van der Waals surface area (Å²) in [6.07, 6.45) is -0.591.